The maximum atomic E-state index is 11.9. The second kappa shape index (κ2) is 7.29. The summed E-state index contributed by atoms with van der Waals surface area (Å²) in [5, 5.41) is 2.80. The number of hydrogen-bond acceptors (Lipinski definition) is 3. The molecule has 0 aromatic heterocycles. The molecular formula is C16H24N2O2. The van der Waals surface area contributed by atoms with Gasteiger partial charge < -0.3 is 4.74 Å². The summed E-state index contributed by atoms with van der Waals surface area (Å²) in [6.07, 6.45) is 3.37. The highest BCUT2D eigenvalue weighted by Gasteiger charge is 2.16. The molecular weight excluding hydrogens is 252 g/mol. The molecule has 0 radical (unpaired) electrons. The highest BCUT2D eigenvalue weighted by molar-refractivity contribution is 5.85. The molecule has 1 aliphatic rings. The number of ether oxygens (including phenoxy) is 1. The van der Waals surface area contributed by atoms with E-state index in [0.717, 1.165) is 30.9 Å². The van der Waals surface area contributed by atoms with E-state index < -0.39 is 0 Å². The molecule has 1 aromatic carbocycles. The van der Waals surface area contributed by atoms with Crippen molar-refractivity contribution in [1.29, 1.82) is 0 Å². The minimum Gasteiger partial charge on any atom is -0.445 e. The fourth-order valence-electron chi connectivity index (χ4n) is 2.58. The van der Waals surface area contributed by atoms with Crippen molar-refractivity contribution >= 4 is 11.8 Å². The van der Waals surface area contributed by atoms with Crippen LogP contribution in [0.15, 0.2) is 24.3 Å². The summed E-state index contributed by atoms with van der Waals surface area (Å²) in [4.78, 5) is 14.2. The number of amides is 1. The van der Waals surface area contributed by atoms with Crippen LogP contribution >= 0.6 is 0 Å². The average Bonchev–Trinajstić information content (AvgIpc) is 2.42. The van der Waals surface area contributed by atoms with E-state index in [-0.39, 0.29) is 12.2 Å². The fourth-order valence-corrected chi connectivity index (χ4v) is 2.58. The lowest BCUT2D eigenvalue weighted by Gasteiger charge is -2.28. The minimum absolute atomic E-state index is 0.0860. The number of nitrogens with one attached hydrogen (secondary N) is 1. The van der Waals surface area contributed by atoms with Crippen molar-refractivity contribution in [2.24, 2.45) is 0 Å². The molecule has 0 saturated carbocycles. The van der Waals surface area contributed by atoms with Crippen LogP contribution in [0.1, 0.15) is 31.7 Å². The van der Waals surface area contributed by atoms with E-state index in [4.69, 9.17) is 4.74 Å². The summed E-state index contributed by atoms with van der Waals surface area (Å²) >= 11 is 0. The van der Waals surface area contributed by atoms with E-state index in [1.807, 2.05) is 38.1 Å². The van der Waals surface area contributed by atoms with Crippen LogP contribution < -0.4 is 5.32 Å². The first-order valence-corrected chi connectivity index (χ1v) is 7.41. The van der Waals surface area contributed by atoms with Gasteiger partial charge in [-0.3, -0.25) is 10.2 Å². The van der Waals surface area contributed by atoms with Gasteiger partial charge in [-0.25, -0.2) is 4.79 Å². The van der Waals surface area contributed by atoms with Crippen LogP contribution in [0.3, 0.4) is 0 Å². The quantitative estimate of drug-likeness (QED) is 0.916. The summed E-state index contributed by atoms with van der Waals surface area (Å²) in [5.41, 5.74) is 1.84. The van der Waals surface area contributed by atoms with Crippen LogP contribution in [-0.4, -0.2) is 36.7 Å². The monoisotopic (exact) mass is 276 g/mol. The summed E-state index contributed by atoms with van der Waals surface area (Å²) in [6, 6.07) is 7.70. The highest BCUT2D eigenvalue weighted by atomic mass is 16.6. The lowest BCUT2D eigenvalue weighted by atomic mass is 10.1. The molecule has 4 heteroatoms. The molecule has 1 N–H and O–H groups in total. The third-order valence-electron chi connectivity index (χ3n) is 3.65. The predicted octanol–water partition coefficient (Wildman–Crippen LogP) is 3.42. The third kappa shape index (κ3) is 4.53. The van der Waals surface area contributed by atoms with Gasteiger partial charge in [0.05, 0.1) is 0 Å². The Kier molecular flexibility index (Phi) is 5.41. The van der Waals surface area contributed by atoms with E-state index in [0.29, 0.717) is 0 Å². The van der Waals surface area contributed by atoms with E-state index in [1.165, 1.54) is 19.3 Å². The van der Waals surface area contributed by atoms with Crippen LogP contribution in [0, 0.1) is 6.92 Å². The van der Waals surface area contributed by atoms with Gasteiger partial charge in [-0.2, -0.15) is 0 Å². The zero-order chi connectivity index (χ0) is 14.4. The van der Waals surface area contributed by atoms with Crippen LogP contribution in [0.5, 0.6) is 0 Å². The van der Waals surface area contributed by atoms with Crippen molar-refractivity contribution < 1.29 is 9.53 Å². The maximum absolute atomic E-state index is 11.9. The Hall–Kier alpha value is -1.55. The number of para-hydroxylation sites is 1. The zero-order valence-corrected chi connectivity index (χ0v) is 12.4. The van der Waals surface area contributed by atoms with Crippen LogP contribution in [0.2, 0.25) is 0 Å². The number of rotatable bonds is 4. The molecule has 0 spiro atoms. The van der Waals surface area contributed by atoms with E-state index >= 15 is 0 Å². The van der Waals surface area contributed by atoms with E-state index in [1.54, 1.807) is 0 Å². The summed E-state index contributed by atoms with van der Waals surface area (Å²) in [6.45, 7) is 6.97. The van der Waals surface area contributed by atoms with Crippen molar-refractivity contribution in [2.75, 3.05) is 25.0 Å². The predicted molar refractivity (Wildman–Crippen MR) is 81.0 cm³/mol. The molecule has 1 heterocycles. The molecule has 110 valence electrons. The van der Waals surface area contributed by atoms with Gasteiger partial charge in [0.15, 0.2) is 0 Å². The first-order chi connectivity index (χ1) is 9.65. The number of aryl methyl sites for hydroxylation is 1. The SMILES string of the molecule is Cc1ccccc1NC(=O)O[C@H](C)CN1CCCCC1. The van der Waals surface area contributed by atoms with Gasteiger partial charge >= 0.3 is 6.09 Å². The molecule has 1 aliphatic heterocycles. The van der Waals surface area contributed by atoms with Gasteiger partial charge in [-0.15, -0.1) is 0 Å². The summed E-state index contributed by atoms with van der Waals surface area (Å²) in [7, 11) is 0. The summed E-state index contributed by atoms with van der Waals surface area (Å²) in [5.74, 6) is 0. The van der Waals surface area contributed by atoms with Gasteiger partial charge in [0.25, 0.3) is 0 Å². The van der Waals surface area contributed by atoms with E-state index in [2.05, 4.69) is 10.2 Å². The number of likely N-dealkylation sites (tertiary alicyclic amines) is 1. The second-order valence-electron chi connectivity index (χ2n) is 5.52. The molecule has 2 rings (SSSR count). The topological polar surface area (TPSA) is 41.6 Å². The molecule has 4 nitrogen and oxygen atoms in total. The number of nitrogens with zero attached hydrogens (tertiary/aromatic N) is 1. The Bertz CT molecular complexity index is 442. The molecule has 0 bridgehead atoms. The van der Waals surface area contributed by atoms with Gasteiger partial charge in [0, 0.05) is 12.2 Å². The molecule has 1 amide bonds. The standard InChI is InChI=1S/C16H24N2O2/c1-13-8-4-5-9-15(13)17-16(19)20-14(2)12-18-10-6-3-7-11-18/h4-5,8-9,14H,3,6-7,10-12H2,1-2H3,(H,17,19)/t14-/m1/s1. The average molecular weight is 276 g/mol. The Morgan fingerprint density at radius 3 is 2.70 bits per heavy atom. The Labute approximate surface area is 121 Å². The Morgan fingerprint density at radius 2 is 2.00 bits per heavy atom. The second-order valence-corrected chi connectivity index (χ2v) is 5.52. The molecule has 1 atom stereocenters. The minimum atomic E-state index is -0.371. The van der Waals surface area contributed by atoms with Gasteiger partial charge in [-0.05, 0) is 51.4 Å². The molecule has 0 aliphatic carbocycles. The van der Waals surface area contributed by atoms with Crippen molar-refractivity contribution in [2.45, 2.75) is 39.2 Å². The summed E-state index contributed by atoms with van der Waals surface area (Å²) < 4.78 is 5.42. The largest absolute Gasteiger partial charge is 0.445 e. The lowest BCUT2D eigenvalue weighted by molar-refractivity contribution is 0.0833. The van der Waals surface area contributed by atoms with Gasteiger partial charge in [0.2, 0.25) is 0 Å². The maximum Gasteiger partial charge on any atom is 0.411 e. The number of piperidine rings is 1. The fraction of sp³-hybridized carbons (Fsp3) is 0.562. The number of carbonyl (C=O) groups is 1. The van der Waals surface area contributed by atoms with Crippen molar-refractivity contribution in [3.63, 3.8) is 0 Å². The van der Waals surface area contributed by atoms with Crippen LogP contribution in [0.4, 0.5) is 10.5 Å². The molecule has 1 saturated heterocycles. The number of benzene rings is 1. The number of hydrogen-bond donors (Lipinski definition) is 1. The first-order valence-electron chi connectivity index (χ1n) is 7.41. The van der Waals surface area contributed by atoms with Crippen molar-refractivity contribution in [3.05, 3.63) is 29.8 Å². The van der Waals surface area contributed by atoms with Gasteiger partial charge in [0.1, 0.15) is 6.10 Å². The van der Waals surface area contributed by atoms with Gasteiger partial charge in [-0.1, -0.05) is 24.6 Å². The van der Waals surface area contributed by atoms with Crippen molar-refractivity contribution in [1.82, 2.24) is 4.90 Å². The molecule has 0 unspecified atom stereocenters. The smallest absolute Gasteiger partial charge is 0.411 e. The molecule has 1 fully saturated rings. The normalized spacial score (nSPS) is 17.5. The lowest BCUT2D eigenvalue weighted by Crippen LogP contribution is -2.37. The highest BCUT2D eigenvalue weighted by Crippen LogP contribution is 2.14. The van der Waals surface area contributed by atoms with Crippen LogP contribution in [-0.2, 0) is 4.74 Å². The van der Waals surface area contributed by atoms with E-state index in [9.17, 15) is 4.79 Å². The number of carbonyl (C=O) groups excluding carboxylic acids is 1. The van der Waals surface area contributed by atoms with Crippen LogP contribution in [0.25, 0.3) is 0 Å². The first kappa shape index (κ1) is 14.9. The Balaban J connectivity index is 1.77. The third-order valence-corrected chi connectivity index (χ3v) is 3.65. The zero-order valence-electron chi connectivity index (χ0n) is 12.4. The molecule has 20 heavy (non-hydrogen) atoms. The van der Waals surface area contributed by atoms with Crippen molar-refractivity contribution in [3.8, 4) is 0 Å². The molecule has 1 aromatic rings. The number of anilines is 1. The Morgan fingerprint density at radius 1 is 1.30 bits per heavy atom.